The molecule has 0 N–H and O–H groups in total. The summed E-state index contributed by atoms with van der Waals surface area (Å²) in [4.78, 5) is 3.90. The third-order valence-corrected chi connectivity index (χ3v) is 2.16. The molecular weight excluding hydrogens is 181 g/mol. The highest BCUT2D eigenvalue weighted by Crippen LogP contribution is 2.23. The van der Waals surface area contributed by atoms with Crippen LogP contribution in [0.4, 0.5) is 0 Å². The average Bonchev–Trinajstić information content (AvgIpc) is 2.62. The molecule has 0 saturated carbocycles. The van der Waals surface area contributed by atoms with Crippen LogP contribution in [0.25, 0.3) is 0 Å². The van der Waals surface area contributed by atoms with Gasteiger partial charge in [-0.3, -0.25) is 0 Å². The summed E-state index contributed by atoms with van der Waals surface area (Å²) in [6.07, 6.45) is 1.68. The van der Waals surface area contributed by atoms with Gasteiger partial charge < -0.3 is 4.74 Å². The predicted octanol–water partition coefficient (Wildman–Crippen LogP) is 1.73. The van der Waals surface area contributed by atoms with Crippen LogP contribution in [0, 0.1) is 0 Å². The molecule has 0 aliphatic carbocycles. The number of hydrogen-bond donors (Lipinski definition) is 0. The van der Waals surface area contributed by atoms with Gasteiger partial charge in [0.05, 0.1) is 11.7 Å². The van der Waals surface area contributed by atoms with Crippen LogP contribution in [0.2, 0.25) is 0 Å². The Hall–Kier alpha value is -1.29. The van der Waals surface area contributed by atoms with Gasteiger partial charge in [-0.05, 0) is 12.1 Å². The van der Waals surface area contributed by atoms with Crippen LogP contribution in [0.1, 0.15) is 0 Å². The Kier molecular flexibility index (Phi) is 2.32. The molecule has 0 amide bonds. The molecule has 1 aromatic carbocycles. The Balaban J connectivity index is 2.15. The van der Waals surface area contributed by atoms with Crippen molar-refractivity contribution in [2.45, 2.75) is 0 Å². The average molecular weight is 187 g/mol. The van der Waals surface area contributed by atoms with E-state index < -0.39 is 0 Å². The zero-order valence-electron chi connectivity index (χ0n) is 6.81. The largest absolute Gasteiger partial charge is 0.445 e. The Morgan fingerprint density at radius 3 is 2.62 bits per heavy atom. The van der Waals surface area contributed by atoms with Crippen molar-refractivity contribution in [3.05, 3.63) is 36.0 Å². The number of benzene rings is 1. The van der Waals surface area contributed by atoms with E-state index in [1.54, 1.807) is 23.8 Å². The molecule has 2 aromatic rings. The second-order valence-corrected chi connectivity index (χ2v) is 3.34. The van der Waals surface area contributed by atoms with Crippen LogP contribution in [0.15, 0.2) is 36.0 Å². The Labute approximate surface area is 81.6 Å². The summed E-state index contributed by atoms with van der Waals surface area (Å²) in [7, 11) is 5.53. The smallest absolute Gasteiger partial charge is 0.200 e. The molecule has 0 saturated heterocycles. The number of thiazole rings is 1. The first-order valence-electron chi connectivity index (χ1n) is 3.76. The van der Waals surface area contributed by atoms with Gasteiger partial charge in [0, 0.05) is 0 Å². The maximum Gasteiger partial charge on any atom is 0.200 e. The first-order valence-corrected chi connectivity index (χ1v) is 4.64. The van der Waals surface area contributed by atoms with E-state index in [9.17, 15) is 0 Å². The van der Waals surface area contributed by atoms with Crippen molar-refractivity contribution >= 4 is 24.6 Å². The number of hydrogen-bond acceptors (Lipinski definition) is 3. The lowest BCUT2D eigenvalue weighted by molar-refractivity contribution is 0.495. The van der Waals surface area contributed by atoms with Crippen molar-refractivity contribution in [2.75, 3.05) is 0 Å². The van der Waals surface area contributed by atoms with Gasteiger partial charge in [-0.2, -0.15) is 0 Å². The highest BCUT2D eigenvalue weighted by atomic mass is 32.1. The van der Waals surface area contributed by atoms with Crippen molar-refractivity contribution in [3.8, 4) is 10.8 Å². The van der Waals surface area contributed by atoms with Gasteiger partial charge >= 0.3 is 0 Å². The third-order valence-electron chi connectivity index (χ3n) is 1.51. The van der Waals surface area contributed by atoms with E-state index in [4.69, 9.17) is 12.6 Å². The van der Waals surface area contributed by atoms with Crippen molar-refractivity contribution in [1.29, 1.82) is 0 Å². The van der Waals surface area contributed by atoms with Gasteiger partial charge in [0.1, 0.15) is 13.6 Å². The van der Waals surface area contributed by atoms with Crippen molar-refractivity contribution in [2.24, 2.45) is 0 Å². The number of aromatic nitrogens is 1. The number of nitrogens with zero attached hydrogens (tertiary/aromatic N) is 1. The summed E-state index contributed by atoms with van der Waals surface area (Å²) in [5, 5.41) is 0.782. The first kappa shape index (κ1) is 8.32. The normalized spacial score (nSPS) is 9.85. The van der Waals surface area contributed by atoms with Crippen LogP contribution < -0.4 is 10.2 Å². The highest BCUT2D eigenvalue weighted by molar-refractivity contribution is 7.11. The maximum absolute atomic E-state index is 5.53. The molecule has 0 atom stereocenters. The molecule has 2 nitrogen and oxygen atoms in total. The minimum absolute atomic E-state index is 0.733. The van der Waals surface area contributed by atoms with Gasteiger partial charge in [0.25, 0.3) is 0 Å². The van der Waals surface area contributed by atoms with Crippen LogP contribution in [0.5, 0.6) is 10.8 Å². The van der Waals surface area contributed by atoms with Crippen LogP contribution in [-0.2, 0) is 0 Å². The number of ether oxygens (including phenoxy) is 1. The minimum atomic E-state index is 0.733. The summed E-state index contributed by atoms with van der Waals surface area (Å²) in [6.45, 7) is 0. The Morgan fingerprint density at radius 1 is 1.23 bits per heavy atom. The Morgan fingerprint density at radius 2 is 2.00 bits per heavy atom. The summed E-state index contributed by atoms with van der Waals surface area (Å²) in [6, 6.07) is 7.26. The lowest BCUT2D eigenvalue weighted by Crippen LogP contribution is -1.99. The topological polar surface area (TPSA) is 22.1 Å². The van der Waals surface area contributed by atoms with Gasteiger partial charge in [-0.25, -0.2) is 4.98 Å². The van der Waals surface area contributed by atoms with Crippen molar-refractivity contribution in [3.63, 3.8) is 0 Å². The fourth-order valence-electron chi connectivity index (χ4n) is 0.907. The zero-order valence-corrected chi connectivity index (χ0v) is 7.62. The predicted molar refractivity (Wildman–Crippen MR) is 54.0 cm³/mol. The van der Waals surface area contributed by atoms with Crippen molar-refractivity contribution < 1.29 is 4.74 Å². The monoisotopic (exact) mass is 187 g/mol. The van der Waals surface area contributed by atoms with E-state index >= 15 is 0 Å². The quantitative estimate of drug-likeness (QED) is 0.668. The standard InChI is InChI=1S/C9H6BNOS/c10-7-1-3-8(4-2-7)12-9-5-11-6-13-9/h1-6H. The van der Waals surface area contributed by atoms with E-state index in [2.05, 4.69) is 4.98 Å². The fourth-order valence-corrected chi connectivity index (χ4v) is 1.40. The van der Waals surface area contributed by atoms with E-state index in [1.165, 1.54) is 11.3 Å². The fraction of sp³-hybridized carbons (Fsp3) is 0. The molecule has 0 spiro atoms. The van der Waals surface area contributed by atoms with E-state index in [-0.39, 0.29) is 0 Å². The molecule has 1 heterocycles. The van der Waals surface area contributed by atoms with Crippen molar-refractivity contribution in [1.82, 2.24) is 4.98 Å². The second kappa shape index (κ2) is 3.62. The van der Waals surface area contributed by atoms with E-state index in [1.807, 2.05) is 12.1 Å². The molecule has 0 aliphatic heterocycles. The Bertz CT molecular complexity index is 371. The molecule has 0 fully saturated rings. The van der Waals surface area contributed by atoms with E-state index in [0.717, 1.165) is 16.3 Å². The first-order chi connectivity index (χ1) is 6.34. The lowest BCUT2D eigenvalue weighted by atomic mass is 9.97. The van der Waals surface area contributed by atoms with E-state index in [0.29, 0.717) is 0 Å². The minimum Gasteiger partial charge on any atom is -0.445 e. The summed E-state index contributed by atoms with van der Waals surface area (Å²) in [5.41, 5.74) is 2.46. The molecule has 2 radical (unpaired) electrons. The molecule has 0 bridgehead atoms. The van der Waals surface area contributed by atoms with Gasteiger partial charge in [0.15, 0.2) is 0 Å². The molecule has 4 heteroatoms. The third kappa shape index (κ3) is 2.09. The zero-order chi connectivity index (χ0) is 9.10. The SMILES string of the molecule is [B]c1ccc(Oc2cncs2)cc1. The molecular formula is C9H6BNOS. The molecule has 0 unspecified atom stereocenters. The molecule has 62 valence electrons. The lowest BCUT2D eigenvalue weighted by Gasteiger charge is -2.01. The second-order valence-electron chi connectivity index (χ2n) is 2.49. The molecule has 1 aromatic heterocycles. The van der Waals surface area contributed by atoms with Crippen LogP contribution in [0.3, 0.4) is 0 Å². The molecule has 0 aliphatic rings. The number of rotatable bonds is 2. The molecule has 13 heavy (non-hydrogen) atoms. The van der Waals surface area contributed by atoms with Gasteiger partial charge in [-0.15, -0.1) is 0 Å². The van der Waals surface area contributed by atoms with Gasteiger partial charge in [0.2, 0.25) is 5.06 Å². The summed E-state index contributed by atoms with van der Waals surface area (Å²) >= 11 is 1.46. The van der Waals surface area contributed by atoms with Crippen LogP contribution in [-0.4, -0.2) is 12.8 Å². The van der Waals surface area contributed by atoms with Gasteiger partial charge in [-0.1, -0.05) is 28.9 Å². The molecule has 2 rings (SSSR count). The maximum atomic E-state index is 5.53. The highest BCUT2D eigenvalue weighted by Gasteiger charge is 1.96. The summed E-state index contributed by atoms with van der Waals surface area (Å²) < 4.78 is 5.47. The van der Waals surface area contributed by atoms with Crippen LogP contribution >= 0.6 is 11.3 Å². The summed E-state index contributed by atoms with van der Waals surface area (Å²) in [5.74, 6) is 0.776.